The number of ether oxygens (including phenoxy) is 1. The van der Waals surface area contributed by atoms with E-state index in [1.165, 1.54) is 10.4 Å². The number of hydrogen-bond acceptors (Lipinski definition) is 6. The van der Waals surface area contributed by atoms with Gasteiger partial charge in [0.25, 0.3) is 5.91 Å². The molecule has 1 N–H and O–H groups in total. The molecular weight excluding hydrogens is 477 g/mol. The minimum absolute atomic E-state index is 0.188. The second-order valence-electron chi connectivity index (χ2n) is 7.53. The van der Waals surface area contributed by atoms with Crippen LogP contribution in [0.2, 0.25) is 10.0 Å². The topological polar surface area (TPSA) is 106 Å². The molecule has 1 aliphatic rings. The highest BCUT2D eigenvalue weighted by Crippen LogP contribution is 2.35. The number of carbonyl (C=O) groups is 2. The smallest absolute Gasteiger partial charge is 0.322 e. The largest absolute Gasteiger partial charge is 0.468 e. The van der Waals surface area contributed by atoms with Gasteiger partial charge in [-0.2, -0.15) is 0 Å². The molecule has 0 bridgehead atoms. The lowest BCUT2D eigenvalue weighted by atomic mass is 9.75. The normalized spacial score (nSPS) is 16.3. The number of amides is 1. The van der Waals surface area contributed by atoms with Crippen molar-refractivity contribution in [1.29, 1.82) is 0 Å². The van der Waals surface area contributed by atoms with Crippen molar-refractivity contribution in [3.63, 3.8) is 0 Å². The number of esters is 1. The van der Waals surface area contributed by atoms with E-state index in [0.717, 1.165) is 12.8 Å². The second kappa shape index (κ2) is 10.2. The zero-order valence-electron chi connectivity index (χ0n) is 17.4. The Kier molecular flexibility index (Phi) is 7.76. The second-order valence-corrected chi connectivity index (χ2v) is 10.3. The SMILES string of the molecule is COC(=O)CS(=O)(=O)N1CCC(CNC(=O)c2ccc(Cl)cc2Cl)(c2ccccn2)CC1. The molecule has 172 valence electrons. The molecule has 1 aromatic carbocycles. The number of halogens is 2. The lowest BCUT2D eigenvalue weighted by molar-refractivity contribution is -0.137. The monoisotopic (exact) mass is 499 g/mol. The van der Waals surface area contributed by atoms with Crippen molar-refractivity contribution in [3.05, 3.63) is 63.9 Å². The molecule has 8 nitrogen and oxygen atoms in total. The van der Waals surface area contributed by atoms with Crippen molar-refractivity contribution >= 4 is 45.1 Å². The predicted octanol–water partition coefficient (Wildman–Crippen LogP) is 2.65. The summed E-state index contributed by atoms with van der Waals surface area (Å²) in [6.07, 6.45) is 2.49. The predicted molar refractivity (Wildman–Crippen MR) is 121 cm³/mol. The van der Waals surface area contributed by atoms with Crippen LogP contribution in [0.1, 0.15) is 28.9 Å². The molecular formula is C21H23Cl2N3O5S. The Hall–Kier alpha value is -2.20. The Morgan fingerprint density at radius 2 is 1.91 bits per heavy atom. The Morgan fingerprint density at radius 1 is 1.19 bits per heavy atom. The van der Waals surface area contributed by atoms with Gasteiger partial charge in [0.15, 0.2) is 5.75 Å². The summed E-state index contributed by atoms with van der Waals surface area (Å²) in [6, 6.07) is 10.1. The summed E-state index contributed by atoms with van der Waals surface area (Å²) in [5, 5.41) is 3.58. The van der Waals surface area contributed by atoms with Crippen LogP contribution in [0, 0.1) is 0 Å². The first-order valence-corrected chi connectivity index (χ1v) is 12.2. The molecule has 0 aliphatic carbocycles. The van der Waals surface area contributed by atoms with Gasteiger partial charge in [-0.3, -0.25) is 14.6 Å². The molecule has 0 atom stereocenters. The van der Waals surface area contributed by atoms with Crippen LogP contribution in [-0.2, 0) is 25.0 Å². The maximum atomic E-state index is 12.8. The Balaban J connectivity index is 1.77. The summed E-state index contributed by atoms with van der Waals surface area (Å²) in [5.41, 5.74) is 0.477. The first-order valence-electron chi connectivity index (χ1n) is 9.86. The molecule has 3 rings (SSSR count). The summed E-state index contributed by atoms with van der Waals surface area (Å²) in [7, 11) is -2.64. The van der Waals surface area contributed by atoms with Crippen LogP contribution in [0.25, 0.3) is 0 Å². The minimum atomic E-state index is -3.79. The van der Waals surface area contributed by atoms with E-state index >= 15 is 0 Å². The molecule has 32 heavy (non-hydrogen) atoms. The van der Waals surface area contributed by atoms with E-state index in [1.807, 2.05) is 12.1 Å². The number of sulfonamides is 1. The van der Waals surface area contributed by atoms with Crippen molar-refractivity contribution in [2.24, 2.45) is 0 Å². The summed E-state index contributed by atoms with van der Waals surface area (Å²) < 4.78 is 30.8. The van der Waals surface area contributed by atoms with Crippen molar-refractivity contribution in [1.82, 2.24) is 14.6 Å². The Labute approximate surface area is 196 Å². The lowest BCUT2D eigenvalue weighted by Gasteiger charge is -2.41. The number of piperidine rings is 1. The van der Waals surface area contributed by atoms with Crippen molar-refractivity contribution in [2.45, 2.75) is 18.3 Å². The number of nitrogens with zero attached hydrogens (tertiary/aromatic N) is 2. The molecule has 1 saturated heterocycles. The zero-order chi connectivity index (χ0) is 23.4. The third kappa shape index (κ3) is 5.58. The fourth-order valence-corrected chi connectivity index (χ4v) is 5.54. The zero-order valence-corrected chi connectivity index (χ0v) is 19.7. The summed E-state index contributed by atoms with van der Waals surface area (Å²) >= 11 is 12.1. The number of methoxy groups -OCH3 is 1. The number of nitrogens with one attached hydrogen (secondary N) is 1. The van der Waals surface area contributed by atoms with Gasteiger partial charge in [-0.1, -0.05) is 29.3 Å². The van der Waals surface area contributed by atoms with Crippen LogP contribution in [0.5, 0.6) is 0 Å². The van der Waals surface area contributed by atoms with Gasteiger partial charge in [0, 0.05) is 42.0 Å². The number of benzene rings is 1. The molecule has 2 aromatic rings. The van der Waals surface area contributed by atoms with E-state index in [9.17, 15) is 18.0 Å². The van der Waals surface area contributed by atoms with Crippen LogP contribution in [-0.4, -0.2) is 62.1 Å². The number of rotatable bonds is 7. The van der Waals surface area contributed by atoms with Gasteiger partial charge >= 0.3 is 5.97 Å². The highest BCUT2D eigenvalue weighted by molar-refractivity contribution is 7.89. The van der Waals surface area contributed by atoms with Gasteiger partial charge < -0.3 is 10.1 Å². The molecule has 0 spiro atoms. The molecule has 1 amide bonds. The van der Waals surface area contributed by atoms with Gasteiger partial charge in [-0.05, 0) is 43.2 Å². The van der Waals surface area contributed by atoms with Crippen molar-refractivity contribution in [2.75, 3.05) is 32.5 Å². The summed E-state index contributed by atoms with van der Waals surface area (Å²) in [4.78, 5) is 28.7. The third-order valence-electron chi connectivity index (χ3n) is 5.57. The standard InChI is InChI=1S/C21H23Cl2N3O5S/c1-31-19(27)13-32(29,30)26-10-7-21(8-11-26,18-4-2-3-9-24-18)14-25-20(28)16-6-5-15(22)12-17(16)23/h2-6,9,12H,7-8,10-11,13-14H2,1H3,(H,25,28). The first-order chi connectivity index (χ1) is 15.2. The summed E-state index contributed by atoms with van der Waals surface area (Å²) in [5.74, 6) is -1.87. The van der Waals surface area contributed by atoms with Gasteiger partial charge in [0.2, 0.25) is 10.0 Å². The van der Waals surface area contributed by atoms with Crippen LogP contribution >= 0.6 is 23.2 Å². The number of pyridine rings is 1. The van der Waals surface area contributed by atoms with E-state index in [2.05, 4.69) is 15.0 Å². The van der Waals surface area contributed by atoms with Gasteiger partial charge in [0.1, 0.15) is 0 Å². The molecule has 0 unspecified atom stereocenters. The van der Waals surface area contributed by atoms with Crippen LogP contribution in [0.15, 0.2) is 42.6 Å². The molecule has 1 aliphatic heterocycles. The van der Waals surface area contributed by atoms with Crippen LogP contribution in [0.4, 0.5) is 0 Å². The van der Waals surface area contributed by atoms with Crippen LogP contribution < -0.4 is 5.32 Å². The van der Waals surface area contributed by atoms with Gasteiger partial charge in [-0.15, -0.1) is 0 Å². The van der Waals surface area contributed by atoms with E-state index in [0.29, 0.717) is 23.4 Å². The van der Waals surface area contributed by atoms with E-state index in [1.54, 1.807) is 24.4 Å². The molecule has 11 heteroatoms. The fraction of sp³-hybridized carbons (Fsp3) is 0.381. The average Bonchev–Trinajstić information content (AvgIpc) is 2.78. The average molecular weight is 500 g/mol. The highest BCUT2D eigenvalue weighted by Gasteiger charge is 2.41. The number of hydrogen-bond donors (Lipinski definition) is 1. The Morgan fingerprint density at radius 3 is 2.50 bits per heavy atom. The maximum absolute atomic E-state index is 12.8. The third-order valence-corrected chi connectivity index (χ3v) is 7.87. The van der Waals surface area contributed by atoms with Crippen molar-refractivity contribution < 1.29 is 22.7 Å². The number of carbonyl (C=O) groups excluding carboxylic acids is 2. The molecule has 2 heterocycles. The quantitative estimate of drug-likeness (QED) is 0.587. The highest BCUT2D eigenvalue weighted by atomic mass is 35.5. The van der Waals surface area contributed by atoms with Crippen LogP contribution in [0.3, 0.4) is 0 Å². The molecule has 1 aromatic heterocycles. The summed E-state index contributed by atoms with van der Waals surface area (Å²) in [6.45, 7) is 0.619. The van der Waals surface area contributed by atoms with Gasteiger partial charge in [0.05, 0.1) is 17.7 Å². The van der Waals surface area contributed by atoms with E-state index in [4.69, 9.17) is 23.2 Å². The molecule has 0 radical (unpaired) electrons. The first kappa shape index (κ1) is 24.4. The Bertz CT molecular complexity index is 1090. The maximum Gasteiger partial charge on any atom is 0.322 e. The van der Waals surface area contributed by atoms with E-state index < -0.39 is 27.2 Å². The van der Waals surface area contributed by atoms with Gasteiger partial charge in [-0.25, -0.2) is 12.7 Å². The molecule has 0 saturated carbocycles. The van der Waals surface area contributed by atoms with E-state index in [-0.39, 0.29) is 30.6 Å². The minimum Gasteiger partial charge on any atom is -0.468 e. The number of aromatic nitrogens is 1. The van der Waals surface area contributed by atoms with Crippen molar-refractivity contribution in [3.8, 4) is 0 Å². The molecule has 1 fully saturated rings. The fourth-order valence-electron chi connectivity index (χ4n) is 3.71. The lowest BCUT2D eigenvalue weighted by Crippen LogP contribution is -2.51.